The van der Waals surface area contributed by atoms with Crippen molar-refractivity contribution in [1.29, 1.82) is 0 Å². The zero-order chi connectivity index (χ0) is 21.0. The van der Waals surface area contributed by atoms with Crippen LogP contribution in [0.15, 0.2) is 47.3 Å². The molecule has 1 aromatic heterocycles. The molecule has 9 nitrogen and oxygen atoms in total. The van der Waals surface area contributed by atoms with Gasteiger partial charge in [0.2, 0.25) is 0 Å². The molecule has 0 bridgehead atoms. The number of nitrogens with one attached hydrogen (secondary N) is 2. The van der Waals surface area contributed by atoms with Gasteiger partial charge >= 0.3 is 0 Å². The second-order valence-corrected chi connectivity index (χ2v) is 6.02. The van der Waals surface area contributed by atoms with E-state index < -0.39 is 11.8 Å². The van der Waals surface area contributed by atoms with Crippen molar-refractivity contribution in [3.8, 4) is 11.5 Å². The van der Waals surface area contributed by atoms with Crippen LogP contribution < -0.4 is 25.9 Å². The lowest BCUT2D eigenvalue weighted by Gasteiger charge is -2.12. The van der Waals surface area contributed by atoms with Crippen LogP contribution >= 0.6 is 0 Å². The quantitative estimate of drug-likeness (QED) is 0.633. The van der Waals surface area contributed by atoms with Crippen LogP contribution in [-0.4, -0.2) is 35.8 Å². The fraction of sp³-hybridized carbons (Fsp3) is 0.200. The van der Waals surface area contributed by atoms with E-state index in [2.05, 4.69) is 16.0 Å². The lowest BCUT2D eigenvalue weighted by molar-refractivity contribution is 0.0843. The maximum atomic E-state index is 12.7. The number of ether oxygens (including phenoxy) is 2. The first-order valence-electron chi connectivity index (χ1n) is 8.82. The van der Waals surface area contributed by atoms with Crippen molar-refractivity contribution in [2.75, 3.05) is 14.2 Å². The fourth-order valence-electron chi connectivity index (χ4n) is 2.80. The van der Waals surface area contributed by atoms with Gasteiger partial charge in [-0.1, -0.05) is 18.2 Å². The van der Waals surface area contributed by atoms with Crippen LogP contribution in [0.4, 0.5) is 0 Å². The van der Waals surface area contributed by atoms with E-state index in [4.69, 9.17) is 9.47 Å². The van der Waals surface area contributed by atoms with Gasteiger partial charge in [0.1, 0.15) is 11.5 Å². The molecule has 0 saturated carbocycles. The first kappa shape index (κ1) is 19.9. The van der Waals surface area contributed by atoms with E-state index in [-0.39, 0.29) is 16.8 Å². The number of nitrogens with zero attached hydrogens (tertiary/aromatic N) is 2. The molecule has 0 aliphatic heterocycles. The number of rotatable bonds is 5. The van der Waals surface area contributed by atoms with E-state index in [1.807, 2.05) is 0 Å². The number of hydrogen-bond acceptors (Lipinski definition) is 6. The number of carbonyl (C=O) groups excluding carboxylic acids is 2. The minimum Gasteiger partial charge on any atom is -0.497 e. The minimum atomic E-state index is -0.647. The molecule has 2 amide bonds. The Balaban J connectivity index is 1.86. The molecule has 0 spiro atoms. The summed E-state index contributed by atoms with van der Waals surface area (Å²) in [6.07, 6.45) is 0. The zero-order valence-corrected chi connectivity index (χ0v) is 16.2. The Morgan fingerprint density at radius 1 is 0.966 bits per heavy atom. The monoisotopic (exact) mass is 396 g/mol. The Kier molecular flexibility index (Phi) is 5.77. The van der Waals surface area contributed by atoms with E-state index in [0.717, 1.165) is 0 Å². The molecule has 0 unspecified atom stereocenters. The molecule has 9 heteroatoms. The van der Waals surface area contributed by atoms with Gasteiger partial charge in [-0.25, -0.2) is 4.68 Å². The number of carbonyl (C=O) groups is 2. The SMILES string of the molecule is CCn1nc(C(=O)NNC(=O)c2cc(OC)cc(OC)c2)c2ccccc2c1=O. The molecule has 0 fully saturated rings. The predicted molar refractivity (Wildman–Crippen MR) is 106 cm³/mol. The predicted octanol–water partition coefficient (Wildman–Crippen LogP) is 1.51. The summed E-state index contributed by atoms with van der Waals surface area (Å²) in [5.74, 6) is -0.345. The van der Waals surface area contributed by atoms with Crippen molar-refractivity contribution in [2.24, 2.45) is 0 Å². The van der Waals surface area contributed by atoms with Gasteiger partial charge in [-0.2, -0.15) is 5.10 Å². The Bertz CT molecular complexity index is 1120. The zero-order valence-electron chi connectivity index (χ0n) is 16.2. The lowest BCUT2D eigenvalue weighted by Crippen LogP contribution is -2.42. The smallest absolute Gasteiger partial charge is 0.290 e. The van der Waals surface area contributed by atoms with E-state index in [1.165, 1.54) is 31.0 Å². The van der Waals surface area contributed by atoms with Gasteiger partial charge < -0.3 is 9.47 Å². The lowest BCUT2D eigenvalue weighted by atomic mass is 10.1. The van der Waals surface area contributed by atoms with Gasteiger partial charge in [0, 0.05) is 23.6 Å². The highest BCUT2D eigenvalue weighted by atomic mass is 16.5. The van der Waals surface area contributed by atoms with Crippen LogP contribution in [-0.2, 0) is 6.54 Å². The number of aromatic nitrogens is 2. The average molecular weight is 396 g/mol. The first-order valence-corrected chi connectivity index (χ1v) is 8.82. The summed E-state index contributed by atoms with van der Waals surface area (Å²) >= 11 is 0. The molecule has 0 atom stereocenters. The number of aryl methyl sites for hydroxylation is 1. The molecule has 3 aromatic rings. The van der Waals surface area contributed by atoms with E-state index in [0.29, 0.717) is 28.8 Å². The fourth-order valence-corrected chi connectivity index (χ4v) is 2.80. The van der Waals surface area contributed by atoms with Crippen molar-refractivity contribution in [3.05, 3.63) is 64.1 Å². The van der Waals surface area contributed by atoms with Crippen molar-refractivity contribution in [2.45, 2.75) is 13.5 Å². The van der Waals surface area contributed by atoms with Gasteiger partial charge in [0.05, 0.1) is 19.6 Å². The van der Waals surface area contributed by atoms with Crippen LogP contribution in [0.5, 0.6) is 11.5 Å². The van der Waals surface area contributed by atoms with Gasteiger partial charge in [0.15, 0.2) is 5.69 Å². The normalized spacial score (nSPS) is 10.4. The van der Waals surface area contributed by atoms with Gasteiger partial charge in [-0.05, 0) is 25.1 Å². The average Bonchev–Trinajstić information content (AvgIpc) is 2.77. The number of methoxy groups -OCH3 is 2. The first-order chi connectivity index (χ1) is 14.0. The third-order valence-corrected chi connectivity index (χ3v) is 4.29. The molecule has 2 N–H and O–H groups in total. The summed E-state index contributed by atoms with van der Waals surface area (Å²) in [6.45, 7) is 2.06. The number of amides is 2. The standard InChI is InChI=1S/C20H20N4O5/c1-4-24-20(27)16-8-6-5-7-15(16)17(23-24)19(26)22-21-18(25)12-9-13(28-2)11-14(10-12)29-3/h5-11H,4H2,1-3H3,(H,21,25)(H,22,26). The maximum Gasteiger partial charge on any atom is 0.290 e. The van der Waals surface area contributed by atoms with Gasteiger partial charge in [0.25, 0.3) is 17.4 Å². The van der Waals surface area contributed by atoms with Crippen LogP contribution in [0.1, 0.15) is 27.8 Å². The van der Waals surface area contributed by atoms with Crippen LogP contribution in [0, 0.1) is 0 Å². The van der Waals surface area contributed by atoms with Crippen molar-refractivity contribution < 1.29 is 19.1 Å². The molecule has 0 aliphatic rings. The summed E-state index contributed by atoms with van der Waals surface area (Å²) in [5, 5.41) is 4.90. The number of benzene rings is 2. The molecule has 150 valence electrons. The summed E-state index contributed by atoms with van der Waals surface area (Å²) in [5.41, 5.74) is 4.66. The van der Waals surface area contributed by atoms with Crippen LogP contribution in [0.3, 0.4) is 0 Å². The minimum absolute atomic E-state index is 0.0329. The molecule has 3 rings (SSSR count). The molecule has 1 heterocycles. The maximum absolute atomic E-state index is 12.7. The highest BCUT2D eigenvalue weighted by Gasteiger charge is 2.17. The van der Waals surface area contributed by atoms with Crippen molar-refractivity contribution in [1.82, 2.24) is 20.6 Å². The molecule has 29 heavy (non-hydrogen) atoms. The number of fused-ring (bicyclic) bond motifs is 1. The number of hydrogen-bond donors (Lipinski definition) is 2. The van der Waals surface area contributed by atoms with Crippen LogP contribution in [0.2, 0.25) is 0 Å². The second-order valence-electron chi connectivity index (χ2n) is 6.02. The highest BCUT2D eigenvalue weighted by molar-refractivity contribution is 6.06. The Hall–Kier alpha value is -3.88. The number of hydrazine groups is 1. The largest absolute Gasteiger partial charge is 0.497 e. The molecule has 0 saturated heterocycles. The molecular formula is C20H20N4O5. The Morgan fingerprint density at radius 3 is 2.14 bits per heavy atom. The third kappa shape index (κ3) is 4.03. The van der Waals surface area contributed by atoms with Gasteiger partial charge in [-0.3, -0.25) is 25.2 Å². The summed E-state index contributed by atoms with van der Waals surface area (Å²) < 4.78 is 11.5. The summed E-state index contributed by atoms with van der Waals surface area (Å²) in [7, 11) is 2.94. The summed E-state index contributed by atoms with van der Waals surface area (Å²) in [6, 6.07) is 11.3. The Morgan fingerprint density at radius 2 is 1.55 bits per heavy atom. The van der Waals surface area contributed by atoms with Crippen LogP contribution in [0.25, 0.3) is 10.8 Å². The molecular weight excluding hydrogens is 376 g/mol. The molecule has 0 radical (unpaired) electrons. The van der Waals surface area contributed by atoms with E-state index in [1.54, 1.807) is 37.3 Å². The molecule has 2 aromatic carbocycles. The van der Waals surface area contributed by atoms with Crippen molar-refractivity contribution in [3.63, 3.8) is 0 Å². The highest BCUT2D eigenvalue weighted by Crippen LogP contribution is 2.22. The topological polar surface area (TPSA) is 112 Å². The molecule has 0 aliphatic carbocycles. The second kappa shape index (κ2) is 8.42. The van der Waals surface area contributed by atoms with E-state index >= 15 is 0 Å². The summed E-state index contributed by atoms with van der Waals surface area (Å²) in [4.78, 5) is 37.5. The van der Waals surface area contributed by atoms with Crippen molar-refractivity contribution >= 4 is 22.6 Å². The Labute approximate surface area is 166 Å². The van der Waals surface area contributed by atoms with E-state index in [9.17, 15) is 14.4 Å². The van der Waals surface area contributed by atoms with Gasteiger partial charge in [-0.15, -0.1) is 0 Å². The third-order valence-electron chi connectivity index (χ3n) is 4.29.